The molecule has 2 aromatic carbocycles. The van der Waals surface area contributed by atoms with Crippen molar-refractivity contribution in [2.24, 2.45) is 0 Å². The van der Waals surface area contributed by atoms with Gasteiger partial charge in [0.1, 0.15) is 11.5 Å². The molecule has 4 aromatic rings. The van der Waals surface area contributed by atoms with Crippen LogP contribution in [-0.4, -0.2) is 60.5 Å². The predicted molar refractivity (Wildman–Crippen MR) is 146 cm³/mol. The van der Waals surface area contributed by atoms with Crippen LogP contribution in [-0.2, 0) is 5.41 Å². The number of amides is 1. The third-order valence-corrected chi connectivity index (χ3v) is 7.52. The second-order valence-electron chi connectivity index (χ2n) is 10.6. The normalized spacial score (nSPS) is 17.6. The number of aromatic amines is 1. The lowest BCUT2D eigenvalue weighted by molar-refractivity contribution is 0.0930. The van der Waals surface area contributed by atoms with Crippen molar-refractivity contribution in [3.8, 4) is 11.1 Å². The van der Waals surface area contributed by atoms with Crippen LogP contribution in [0.1, 0.15) is 29.8 Å². The molecule has 0 unspecified atom stereocenters. The van der Waals surface area contributed by atoms with Gasteiger partial charge in [-0.1, -0.05) is 26.0 Å². The van der Waals surface area contributed by atoms with Gasteiger partial charge in [0.25, 0.3) is 5.91 Å². The summed E-state index contributed by atoms with van der Waals surface area (Å²) in [6.45, 7) is 9.23. The van der Waals surface area contributed by atoms with Gasteiger partial charge in [0.15, 0.2) is 0 Å². The molecule has 0 aliphatic carbocycles. The number of carbonyl (C=O) groups excluding carboxylic acids is 1. The smallest absolute Gasteiger partial charge is 0.251 e. The van der Waals surface area contributed by atoms with Crippen molar-refractivity contribution in [1.29, 1.82) is 0 Å². The maximum Gasteiger partial charge on any atom is 0.251 e. The number of hydrogen-bond acceptors (Lipinski definition) is 5. The van der Waals surface area contributed by atoms with Crippen LogP contribution in [0.15, 0.2) is 60.8 Å². The first-order valence-corrected chi connectivity index (χ1v) is 12.6. The number of H-pyrrole nitrogens is 1. The summed E-state index contributed by atoms with van der Waals surface area (Å²) in [6.07, 6.45) is 2.01. The zero-order valence-corrected chi connectivity index (χ0v) is 21.1. The minimum Gasteiger partial charge on any atom is -0.369 e. The Bertz CT molecular complexity index is 1450. The van der Waals surface area contributed by atoms with Gasteiger partial charge < -0.3 is 25.4 Å². The van der Waals surface area contributed by atoms with Crippen LogP contribution in [0, 0.1) is 0 Å². The Morgan fingerprint density at radius 2 is 1.81 bits per heavy atom. The number of likely N-dealkylation sites (N-methyl/N-ethyl adjacent to an activating group) is 1. The van der Waals surface area contributed by atoms with E-state index in [2.05, 4.69) is 82.7 Å². The number of aromatic nitrogens is 2. The summed E-state index contributed by atoms with van der Waals surface area (Å²) in [6, 6.07) is 18.8. The highest BCUT2D eigenvalue weighted by Gasteiger charge is 2.31. The van der Waals surface area contributed by atoms with E-state index in [1.54, 1.807) is 0 Å². The Labute approximate surface area is 211 Å². The van der Waals surface area contributed by atoms with E-state index in [1.807, 2.05) is 24.4 Å². The van der Waals surface area contributed by atoms with E-state index in [1.165, 1.54) is 5.69 Å². The molecule has 7 heteroatoms. The van der Waals surface area contributed by atoms with Crippen molar-refractivity contribution in [2.75, 3.05) is 50.0 Å². The third-order valence-electron chi connectivity index (χ3n) is 7.52. The van der Waals surface area contributed by atoms with Crippen LogP contribution >= 0.6 is 0 Å². The molecular formula is C29H32N6O. The minimum atomic E-state index is -0.112. The fraction of sp³-hybridized carbons (Fsp3) is 0.310. The van der Waals surface area contributed by atoms with Crippen LogP contribution < -0.4 is 15.5 Å². The van der Waals surface area contributed by atoms with Gasteiger partial charge in [-0.15, -0.1) is 0 Å². The van der Waals surface area contributed by atoms with Crippen molar-refractivity contribution >= 4 is 34.1 Å². The Morgan fingerprint density at radius 3 is 2.64 bits per heavy atom. The first-order chi connectivity index (χ1) is 17.4. The number of fused-ring (bicyclic) bond motifs is 2. The average molecular weight is 481 g/mol. The monoisotopic (exact) mass is 480 g/mol. The van der Waals surface area contributed by atoms with Crippen LogP contribution in [0.3, 0.4) is 0 Å². The number of anilines is 3. The molecule has 2 aromatic heterocycles. The molecule has 0 radical (unpaired) electrons. The first kappa shape index (κ1) is 22.6. The summed E-state index contributed by atoms with van der Waals surface area (Å²) >= 11 is 0. The number of benzene rings is 2. The average Bonchev–Trinajstić information content (AvgIpc) is 3.30. The highest BCUT2D eigenvalue weighted by Crippen LogP contribution is 2.36. The van der Waals surface area contributed by atoms with Crippen molar-refractivity contribution < 1.29 is 4.79 Å². The predicted octanol–water partition coefficient (Wildman–Crippen LogP) is 4.75. The molecule has 3 N–H and O–H groups in total. The largest absolute Gasteiger partial charge is 0.369 e. The fourth-order valence-corrected chi connectivity index (χ4v) is 5.27. The number of nitrogens with zero attached hydrogens (tertiary/aromatic N) is 3. The lowest BCUT2D eigenvalue weighted by Gasteiger charge is -2.34. The minimum absolute atomic E-state index is 0.00359. The van der Waals surface area contributed by atoms with E-state index < -0.39 is 0 Å². The molecule has 1 fully saturated rings. The number of rotatable bonds is 4. The number of hydrogen-bond donors (Lipinski definition) is 3. The quantitative estimate of drug-likeness (QED) is 0.393. The van der Waals surface area contributed by atoms with E-state index in [9.17, 15) is 4.79 Å². The SMILES string of the molecule is CN1CCN(c2cccc(Nc3ccc4c(-c5ccc6c(c5)C(C)(C)CNC6=O)c[nH]c4n3)c2)CC1. The third kappa shape index (κ3) is 4.09. The topological polar surface area (TPSA) is 76.3 Å². The van der Waals surface area contributed by atoms with Gasteiger partial charge in [0.05, 0.1) is 0 Å². The maximum atomic E-state index is 12.4. The Hall–Kier alpha value is -3.84. The second-order valence-corrected chi connectivity index (χ2v) is 10.6. The molecule has 0 saturated carbocycles. The van der Waals surface area contributed by atoms with E-state index >= 15 is 0 Å². The van der Waals surface area contributed by atoms with Crippen LogP contribution in [0.5, 0.6) is 0 Å². The van der Waals surface area contributed by atoms with Crippen LogP contribution in [0.25, 0.3) is 22.2 Å². The van der Waals surface area contributed by atoms with E-state index in [0.29, 0.717) is 6.54 Å². The standard InChI is InChI=1S/C29H32N6O/c1-29(2)18-31-28(36)23-8-7-19(15-25(23)29)24-17-30-27-22(24)9-10-26(33-27)32-20-5-4-6-21(16-20)35-13-11-34(3)12-14-35/h4-10,15-17H,11-14,18H2,1-3H3,(H,31,36)(H2,30,32,33). The van der Waals surface area contributed by atoms with Crippen LogP contribution in [0.4, 0.5) is 17.2 Å². The fourth-order valence-electron chi connectivity index (χ4n) is 5.27. The van der Waals surface area contributed by atoms with Gasteiger partial charge in [-0.05, 0) is 60.6 Å². The molecule has 0 spiro atoms. The molecule has 2 aliphatic heterocycles. The summed E-state index contributed by atoms with van der Waals surface area (Å²) in [4.78, 5) is 25.3. The zero-order chi connectivity index (χ0) is 24.9. The molecule has 184 valence electrons. The highest BCUT2D eigenvalue weighted by atomic mass is 16.1. The molecule has 1 saturated heterocycles. The summed E-state index contributed by atoms with van der Waals surface area (Å²) in [7, 11) is 2.17. The first-order valence-electron chi connectivity index (χ1n) is 12.6. The van der Waals surface area contributed by atoms with Crippen molar-refractivity contribution in [2.45, 2.75) is 19.3 Å². The number of carbonyl (C=O) groups is 1. The molecule has 36 heavy (non-hydrogen) atoms. The molecule has 4 heterocycles. The van der Waals surface area contributed by atoms with E-state index in [-0.39, 0.29) is 11.3 Å². The second kappa shape index (κ2) is 8.68. The lowest BCUT2D eigenvalue weighted by Crippen LogP contribution is -2.44. The molecule has 0 bridgehead atoms. The highest BCUT2D eigenvalue weighted by molar-refractivity contribution is 6.00. The molecule has 6 rings (SSSR count). The lowest BCUT2D eigenvalue weighted by atomic mass is 9.78. The Morgan fingerprint density at radius 1 is 0.972 bits per heavy atom. The zero-order valence-electron chi connectivity index (χ0n) is 21.1. The maximum absolute atomic E-state index is 12.4. The number of nitrogens with one attached hydrogen (secondary N) is 3. The molecule has 0 atom stereocenters. The van der Waals surface area contributed by atoms with Gasteiger partial charge in [0, 0.05) is 72.2 Å². The molecular weight excluding hydrogens is 448 g/mol. The summed E-state index contributed by atoms with van der Waals surface area (Å²) < 4.78 is 0. The van der Waals surface area contributed by atoms with Gasteiger partial charge in [-0.2, -0.15) is 0 Å². The molecule has 7 nitrogen and oxygen atoms in total. The van der Waals surface area contributed by atoms with Crippen LogP contribution in [0.2, 0.25) is 0 Å². The van der Waals surface area contributed by atoms with Crippen molar-refractivity contribution in [1.82, 2.24) is 20.2 Å². The Balaban J connectivity index is 1.26. The van der Waals surface area contributed by atoms with Gasteiger partial charge in [-0.25, -0.2) is 4.98 Å². The van der Waals surface area contributed by atoms with Crippen molar-refractivity contribution in [3.05, 3.63) is 71.9 Å². The molecule has 1 amide bonds. The van der Waals surface area contributed by atoms with Gasteiger partial charge in [0.2, 0.25) is 0 Å². The van der Waals surface area contributed by atoms with E-state index in [4.69, 9.17) is 4.98 Å². The summed E-state index contributed by atoms with van der Waals surface area (Å²) in [5.41, 5.74) is 7.01. The number of pyridine rings is 1. The summed E-state index contributed by atoms with van der Waals surface area (Å²) in [5.74, 6) is 0.804. The van der Waals surface area contributed by atoms with Gasteiger partial charge in [-0.3, -0.25) is 4.79 Å². The van der Waals surface area contributed by atoms with E-state index in [0.717, 1.165) is 71.0 Å². The summed E-state index contributed by atoms with van der Waals surface area (Å²) in [5, 5.41) is 7.53. The number of piperazine rings is 1. The van der Waals surface area contributed by atoms with Crippen molar-refractivity contribution in [3.63, 3.8) is 0 Å². The Kier molecular flexibility index (Phi) is 5.45. The van der Waals surface area contributed by atoms with Gasteiger partial charge >= 0.3 is 0 Å². The molecule has 2 aliphatic rings.